The summed E-state index contributed by atoms with van der Waals surface area (Å²) in [7, 11) is 0. The van der Waals surface area contributed by atoms with E-state index in [1.165, 1.54) is 0 Å². The summed E-state index contributed by atoms with van der Waals surface area (Å²) in [6.07, 6.45) is 1.20. The van der Waals surface area contributed by atoms with Crippen molar-refractivity contribution in [2.45, 2.75) is 25.7 Å². The third-order valence-corrected chi connectivity index (χ3v) is 3.24. The van der Waals surface area contributed by atoms with Gasteiger partial charge in [0.25, 0.3) is 0 Å². The van der Waals surface area contributed by atoms with Gasteiger partial charge in [0.2, 0.25) is 0 Å². The zero-order valence-corrected chi connectivity index (χ0v) is 10.6. The molecular weight excluding hydrogens is 242 g/mol. The highest BCUT2D eigenvalue weighted by Gasteiger charge is 2.27. The molecule has 0 radical (unpaired) electrons. The van der Waals surface area contributed by atoms with Crippen LogP contribution in [0.15, 0.2) is 30.3 Å². The zero-order chi connectivity index (χ0) is 13.4. The Hall–Kier alpha value is -2.30. The molecule has 1 aliphatic carbocycles. The van der Waals surface area contributed by atoms with Crippen LogP contribution in [0.5, 0.6) is 0 Å². The Bertz CT molecular complexity index is 612. The molecule has 0 atom stereocenters. The quantitative estimate of drug-likeness (QED) is 0.887. The lowest BCUT2D eigenvalue weighted by Gasteiger charge is -2.06. The number of nitrogens with one attached hydrogen (secondary N) is 1. The van der Waals surface area contributed by atoms with E-state index >= 15 is 0 Å². The second kappa shape index (κ2) is 4.42. The van der Waals surface area contributed by atoms with E-state index in [0.29, 0.717) is 11.7 Å². The van der Waals surface area contributed by atoms with Crippen molar-refractivity contribution in [2.75, 3.05) is 5.32 Å². The number of nitrogens with zero attached hydrogens (tertiary/aromatic N) is 2. The highest BCUT2D eigenvalue weighted by molar-refractivity contribution is 5.82. The summed E-state index contributed by atoms with van der Waals surface area (Å²) in [6.45, 7) is 2.01. The van der Waals surface area contributed by atoms with Crippen molar-refractivity contribution < 1.29 is 9.90 Å². The van der Waals surface area contributed by atoms with Gasteiger partial charge < -0.3 is 5.11 Å². The van der Waals surface area contributed by atoms with Crippen molar-refractivity contribution in [1.82, 2.24) is 9.78 Å². The topological polar surface area (TPSA) is 67.2 Å². The average molecular weight is 257 g/mol. The molecule has 1 aromatic heterocycles. The Morgan fingerprint density at radius 3 is 2.63 bits per heavy atom. The molecule has 1 aromatic carbocycles. The maximum atomic E-state index is 10.8. The normalized spacial score (nSPS) is 14.4. The van der Waals surface area contributed by atoms with Crippen molar-refractivity contribution in [1.29, 1.82) is 0 Å². The minimum absolute atomic E-state index is 0.487. The van der Waals surface area contributed by atoms with Crippen LogP contribution in [-0.2, 0) is 0 Å². The summed E-state index contributed by atoms with van der Waals surface area (Å²) in [5, 5.41) is 15.8. The molecule has 1 fully saturated rings. The lowest BCUT2D eigenvalue weighted by atomic mass is 10.2. The van der Waals surface area contributed by atoms with Crippen LogP contribution >= 0.6 is 0 Å². The summed E-state index contributed by atoms with van der Waals surface area (Å²) >= 11 is 0. The maximum Gasteiger partial charge on any atom is 0.410 e. The first kappa shape index (κ1) is 11.8. The van der Waals surface area contributed by atoms with Gasteiger partial charge in [-0.3, -0.25) is 5.32 Å². The lowest BCUT2D eigenvalue weighted by molar-refractivity contribution is 0.209. The minimum atomic E-state index is -1.07. The molecule has 2 N–H and O–H groups in total. The summed E-state index contributed by atoms with van der Waals surface area (Å²) < 4.78 is 1.65. The van der Waals surface area contributed by atoms with E-state index in [1.807, 2.05) is 37.3 Å². The van der Waals surface area contributed by atoms with Gasteiger partial charge in [-0.25, -0.2) is 9.48 Å². The fraction of sp³-hybridized carbons (Fsp3) is 0.286. The fourth-order valence-electron chi connectivity index (χ4n) is 2.06. The molecule has 0 unspecified atom stereocenters. The van der Waals surface area contributed by atoms with Gasteiger partial charge in [-0.05, 0) is 31.9 Å². The monoisotopic (exact) mass is 257 g/mol. The summed E-state index contributed by atoms with van der Waals surface area (Å²) in [4.78, 5) is 10.8. The number of hydrogen-bond acceptors (Lipinski definition) is 2. The summed E-state index contributed by atoms with van der Waals surface area (Å²) in [5.74, 6) is 0.985. The van der Waals surface area contributed by atoms with E-state index in [0.717, 1.165) is 29.8 Å². The molecule has 0 saturated heterocycles. The SMILES string of the molecule is Cc1ccc(-n2nc(C3CC3)cc2NC(=O)O)cc1. The maximum absolute atomic E-state index is 10.8. The molecule has 1 heterocycles. The summed E-state index contributed by atoms with van der Waals surface area (Å²) in [5.41, 5.74) is 2.98. The fourth-order valence-corrected chi connectivity index (χ4v) is 2.06. The molecule has 5 nitrogen and oxygen atoms in total. The third kappa shape index (κ3) is 2.45. The number of benzene rings is 1. The van der Waals surface area contributed by atoms with E-state index in [4.69, 9.17) is 5.11 Å². The first-order chi connectivity index (χ1) is 9.13. The smallest absolute Gasteiger partial charge is 0.410 e. The first-order valence-corrected chi connectivity index (χ1v) is 6.30. The molecule has 3 rings (SSSR count). The van der Waals surface area contributed by atoms with Crippen LogP contribution in [0.4, 0.5) is 10.6 Å². The molecule has 0 spiro atoms. The average Bonchev–Trinajstić information content (AvgIpc) is 3.13. The second-order valence-electron chi connectivity index (χ2n) is 4.91. The van der Waals surface area contributed by atoms with E-state index in [-0.39, 0.29) is 0 Å². The third-order valence-electron chi connectivity index (χ3n) is 3.24. The number of anilines is 1. The molecule has 98 valence electrons. The Morgan fingerprint density at radius 1 is 1.37 bits per heavy atom. The Labute approximate surface area is 110 Å². The second-order valence-corrected chi connectivity index (χ2v) is 4.91. The van der Waals surface area contributed by atoms with Crippen molar-refractivity contribution in [3.05, 3.63) is 41.6 Å². The van der Waals surface area contributed by atoms with Gasteiger partial charge in [0.15, 0.2) is 0 Å². The first-order valence-electron chi connectivity index (χ1n) is 6.30. The molecule has 1 saturated carbocycles. The van der Waals surface area contributed by atoms with E-state index < -0.39 is 6.09 Å². The van der Waals surface area contributed by atoms with E-state index in [9.17, 15) is 4.79 Å². The van der Waals surface area contributed by atoms with Crippen LogP contribution in [0, 0.1) is 6.92 Å². The van der Waals surface area contributed by atoms with Crippen LogP contribution < -0.4 is 5.32 Å². The van der Waals surface area contributed by atoms with Gasteiger partial charge in [-0.1, -0.05) is 17.7 Å². The van der Waals surface area contributed by atoms with Crippen LogP contribution in [0.25, 0.3) is 5.69 Å². The number of carboxylic acid groups (broad SMARTS) is 1. The number of aromatic nitrogens is 2. The molecule has 1 aliphatic rings. The van der Waals surface area contributed by atoms with Gasteiger partial charge >= 0.3 is 6.09 Å². The lowest BCUT2D eigenvalue weighted by Crippen LogP contribution is -2.11. The van der Waals surface area contributed by atoms with Crippen molar-refractivity contribution in [2.24, 2.45) is 0 Å². The van der Waals surface area contributed by atoms with Crippen LogP contribution in [-0.4, -0.2) is 21.0 Å². The largest absolute Gasteiger partial charge is 0.465 e. The molecule has 0 bridgehead atoms. The Morgan fingerprint density at radius 2 is 2.05 bits per heavy atom. The molecule has 19 heavy (non-hydrogen) atoms. The number of rotatable bonds is 3. The van der Waals surface area contributed by atoms with Gasteiger partial charge in [0, 0.05) is 12.0 Å². The molecule has 1 amide bonds. The van der Waals surface area contributed by atoms with E-state index in [2.05, 4.69) is 10.4 Å². The van der Waals surface area contributed by atoms with E-state index in [1.54, 1.807) is 4.68 Å². The van der Waals surface area contributed by atoms with Crippen molar-refractivity contribution in [3.8, 4) is 5.69 Å². The number of hydrogen-bond donors (Lipinski definition) is 2. The van der Waals surface area contributed by atoms with Crippen molar-refractivity contribution >= 4 is 11.9 Å². The van der Waals surface area contributed by atoms with Gasteiger partial charge in [0.1, 0.15) is 5.82 Å². The van der Waals surface area contributed by atoms with Gasteiger partial charge in [-0.2, -0.15) is 5.10 Å². The zero-order valence-electron chi connectivity index (χ0n) is 10.6. The highest BCUT2D eigenvalue weighted by atomic mass is 16.4. The molecule has 5 heteroatoms. The molecule has 0 aliphatic heterocycles. The number of aryl methyl sites for hydroxylation is 1. The standard InChI is InChI=1S/C14H15N3O2/c1-9-2-6-11(7-3-9)17-13(15-14(18)19)8-12(16-17)10-4-5-10/h2-3,6-8,10,15H,4-5H2,1H3,(H,18,19). The Kier molecular flexibility index (Phi) is 2.74. The Balaban J connectivity index is 2.01. The summed E-state index contributed by atoms with van der Waals surface area (Å²) in [6, 6.07) is 9.67. The van der Waals surface area contributed by atoms with Crippen LogP contribution in [0.2, 0.25) is 0 Å². The molecular formula is C14H15N3O2. The van der Waals surface area contributed by atoms with Crippen molar-refractivity contribution in [3.63, 3.8) is 0 Å². The minimum Gasteiger partial charge on any atom is -0.465 e. The van der Waals surface area contributed by atoms with Gasteiger partial charge in [-0.15, -0.1) is 0 Å². The number of amides is 1. The number of carbonyl (C=O) groups is 1. The van der Waals surface area contributed by atoms with Gasteiger partial charge in [0.05, 0.1) is 11.4 Å². The van der Waals surface area contributed by atoms with Crippen LogP contribution in [0.1, 0.15) is 30.0 Å². The van der Waals surface area contributed by atoms with Crippen LogP contribution in [0.3, 0.4) is 0 Å². The predicted octanol–water partition coefficient (Wildman–Crippen LogP) is 3.15. The predicted molar refractivity (Wildman–Crippen MR) is 71.9 cm³/mol. The highest BCUT2D eigenvalue weighted by Crippen LogP contribution is 2.40. The molecule has 2 aromatic rings.